The van der Waals surface area contributed by atoms with Crippen LogP contribution < -0.4 is 5.32 Å². The van der Waals surface area contributed by atoms with Crippen LogP contribution in [0, 0.1) is 0 Å². The van der Waals surface area contributed by atoms with Gasteiger partial charge in [-0.05, 0) is 32.1 Å². The lowest BCUT2D eigenvalue weighted by molar-refractivity contribution is 0.462. The molecule has 2 aliphatic rings. The van der Waals surface area contributed by atoms with E-state index in [0.29, 0.717) is 17.5 Å². The van der Waals surface area contributed by atoms with Gasteiger partial charge in [-0.25, -0.2) is 13.4 Å². The third-order valence-electron chi connectivity index (χ3n) is 3.74. The van der Waals surface area contributed by atoms with Crippen molar-refractivity contribution >= 4 is 21.2 Å². The molecule has 3 rings (SSSR count). The molecule has 1 aromatic rings. The molecule has 1 aliphatic heterocycles. The number of fused-ring (bicyclic) bond motifs is 1. The molecule has 1 aliphatic carbocycles. The van der Waals surface area contributed by atoms with Gasteiger partial charge in [0.2, 0.25) is 0 Å². The third kappa shape index (κ3) is 2.75. The monoisotopic (exact) mass is 286 g/mol. The van der Waals surface area contributed by atoms with Crippen LogP contribution in [0.1, 0.15) is 34.8 Å². The Morgan fingerprint density at radius 2 is 2.06 bits per heavy atom. The fourth-order valence-electron chi connectivity index (χ4n) is 2.65. The summed E-state index contributed by atoms with van der Waals surface area (Å²) in [5, 5.41) is 4.61. The highest BCUT2D eigenvalue weighted by molar-refractivity contribution is 7.91. The number of nitrogens with zero attached hydrogens (tertiary/aromatic N) is 1. The Balaban J connectivity index is 1.52. The summed E-state index contributed by atoms with van der Waals surface area (Å²) in [6, 6.07) is 0.340. The molecule has 0 saturated carbocycles. The normalized spacial score (nSPS) is 23.1. The van der Waals surface area contributed by atoms with Crippen molar-refractivity contribution in [3.05, 3.63) is 15.6 Å². The zero-order valence-corrected chi connectivity index (χ0v) is 11.9. The number of aromatic nitrogens is 1. The van der Waals surface area contributed by atoms with Crippen LogP contribution in [0.15, 0.2) is 0 Å². The Bertz CT molecular complexity index is 501. The number of sulfone groups is 1. The van der Waals surface area contributed by atoms with E-state index in [9.17, 15) is 8.42 Å². The highest BCUT2D eigenvalue weighted by atomic mass is 32.2. The van der Waals surface area contributed by atoms with Crippen molar-refractivity contribution in [2.24, 2.45) is 0 Å². The summed E-state index contributed by atoms with van der Waals surface area (Å²) in [6.45, 7) is 0.794. The van der Waals surface area contributed by atoms with Crippen LogP contribution in [0.4, 0.5) is 0 Å². The molecular formula is C12H18N2O2S2. The second-order valence-electron chi connectivity index (χ2n) is 5.14. The zero-order chi connectivity index (χ0) is 12.6. The van der Waals surface area contributed by atoms with Gasteiger partial charge in [-0.2, -0.15) is 0 Å². The van der Waals surface area contributed by atoms with Gasteiger partial charge in [-0.15, -0.1) is 11.3 Å². The molecule has 0 spiro atoms. The molecule has 0 aromatic carbocycles. The Morgan fingerprint density at radius 3 is 2.78 bits per heavy atom. The first-order valence-corrected chi connectivity index (χ1v) is 9.17. The lowest BCUT2D eigenvalue weighted by Gasteiger charge is -2.22. The van der Waals surface area contributed by atoms with Gasteiger partial charge in [0, 0.05) is 17.5 Å². The Hall–Kier alpha value is -0.460. The number of aryl methyl sites for hydroxylation is 2. The van der Waals surface area contributed by atoms with Crippen LogP contribution in [-0.2, 0) is 29.2 Å². The summed E-state index contributed by atoms with van der Waals surface area (Å²) < 4.78 is 22.7. The molecule has 1 aromatic heterocycles. The van der Waals surface area contributed by atoms with Crippen LogP contribution in [0.5, 0.6) is 0 Å². The van der Waals surface area contributed by atoms with Gasteiger partial charge < -0.3 is 5.32 Å². The van der Waals surface area contributed by atoms with Gasteiger partial charge in [0.15, 0.2) is 0 Å². The molecule has 1 fully saturated rings. The van der Waals surface area contributed by atoms with E-state index in [-0.39, 0.29) is 0 Å². The molecule has 0 unspecified atom stereocenters. The van der Waals surface area contributed by atoms with Crippen molar-refractivity contribution < 1.29 is 8.42 Å². The Labute approximate surface area is 112 Å². The lowest BCUT2D eigenvalue weighted by atomic mass is 10.1. The van der Waals surface area contributed by atoms with Crippen molar-refractivity contribution in [1.82, 2.24) is 10.3 Å². The molecule has 0 bridgehead atoms. The minimum absolute atomic E-state index is 0.332. The molecule has 1 N–H and O–H groups in total. The number of rotatable bonds is 3. The summed E-state index contributed by atoms with van der Waals surface area (Å²) in [5.41, 5.74) is 1.29. The smallest absolute Gasteiger partial charge is 0.150 e. The van der Waals surface area contributed by atoms with Crippen molar-refractivity contribution in [3.63, 3.8) is 0 Å². The molecule has 0 atom stereocenters. The topological polar surface area (TPSA) is 59.1 Å². The summed E-state index contributed by atoms with van der Waals surface area (Å²) in [5.74, 6) is 0.665. The van der Waals surface area contributed by atoms with Gasteiger partial charge in [0.05, 0.1) is 17.2 Å². The second-order valence-corrected chi connectivity index (χ2v) is 8.61. The molecule has 0 amide bonds. The highest BCUT2D eigenvalue weighted by Gasteiger charge is 2.23. The fraction of sp³-hybridized carbons (Fsp3) is 0.750. The van der Waals surface area contributed by atoms with E-state index >= 15 is 0 Å². The predicted octanol–water partition coefficient (Wildman–Crippen LogP) is 1.30. The number of hydrogen-bond acceptors (Lipinski definition) is 5. The van der Waals surface area contributed by atoms with Gasteiger partial charge in [-0.1, -0.05) is 0 Å². The van der Waals surface area contributed by atoms with E-state index in [4.69, 9.17) is 0 Å². The van der Waals surface area contributed by atoms with Crippen LogP contribution in [0.25, 0.3) is 0 Å². The molecule has 4 nitrogen and oxygen atoms in total. The molecular weight excluding hydrogens is 268 g/mol. The van der Waals surface area contributed by atoms with E-state index in [0.717, 1.165) is 30.8 Å². The first-order valence-electron chi connectivity index (χ1n) is 6.54. The van der Waals surface area contributed by atoms with Crippen LogP contribution in [0.3, 0.4) is 0 Å². The van der Waals surface area contributed by atoms with Crippen molar-refractivity contribution in [1.29, 1.82) is 0 Å². The minimum Gasteiger partial charge on any atom is -0.308 e. The first-order chi connectivity index (χ1) is 8.62. The number of nitrogens with one attached hydrogen (secondary N) is 1. The molecule has 6 heteroatoms. The van der Waals surface area contributed by atoms with E-state index in [2.05, 4.69) is 10.3 Å². The maximum Gasteiger partial charge on any atom is 0.150 e. The molecule has 2 heterocycles. The lowest BCUT2D eigenvalue weighted by Crippen LogP contribution is -2.37. The van der Waals surface area contributed by atoms with Gasteiger partial charge >= 0.3 is 0 Å². The summed E-state index contributed by atoms with van der Waals surface area (Å²) in [4.78, 5) is 6.10. The number of hydrogen-bond donors (Lipinski definition) is 1. The predicted molar refractivity (Wildman–Crippen MR) is 72.7 cm³/mol. The summed E-state index contributed by atoms with van der Waals surface area (Å²) in [6.07, 6.45) is 5.06. The van der Waals surface area contributed by atoms with Crippen molar-refractivity contribution in [2.45, 2.75) is 44.7 Å². The molecule has 0 radical (unpaired) electrons. The van der Waals surface area contributed by atoms with Gasteiger partial charge in [-0.3, -0.25) is 0 Å². The molecule has 100 valence electrons. The molecule has 1 saturated heterocycles. The third-order valence-corrected chi connectivity index (χ3v) is 6.61. The van der Waals surface area contributed by atoms with E-state index < -0.39 is 9.84 Å². The van der Waals surface area contributed by atoms with Crippen molar-refractivity contribution in [3.8, 4) is 0 Å². The van der Waals surface area contributed by atoms with Gasteiger partial charge in [0.1, 0.15) is 14.8 Å². The maximum absolute atomic E-state index is 11.3. The average Bonchev–Trinajstić information content (AvgIpc) is 2.88. The van der Waals surface area contributed by atoms with Gasteiger partial charge in [0.25, 0.3) is 0 Å². The average molecular weight is 286 g/mol. The quantitative estimate of drug-likeness (QED) is 0.910. The van der Waals surface area contributed by atoms with E-state index in [1.54, 1.807) is 0 Å². The standard InChI is InChI=1S/C12H18N2O2S2/c15-18(16)6-4-9(5-7-18)13-8-12-14-10-2-1-3-11(10)17-12/h9,13H,1-8H2. The van der Waals surface area contributed by atoms with Crippen LogP contribution in [-0.4, -0.2) is 30.9 Å². The van der Waals surface area contributed by atoms with Crippen LogP contribution in [0.2, 0.25) is 0 Å². The Kier molecular flexibility index (Phi) is 3.42. The van der Waals surface area contributed by atoms with Crippen molar-refractivity contribution in [2.75, 3.05) is 11.5 Å². The summed E-state index contributed by atoms with van der Waals surface area (Å²) >= 11 is 1.82. The molecule has 18 heavy (non-hydrogen) atoms. The Morgan fingerprint density at radius 1 is 1.28 bits per heavy atom. The highest BCUT2D eigenvalue weighted by Crippen LogP contribution is 2.27. The van der Waals surface area contributed by atoms with E-state index in [1.165, 1.54) is 23.4 Å². The zero-order valence-electron chi connectivity index (χ0n) is 10.3. The van der Waals surface area contributed by atoms with Crippen LogP contribution >= 0.6 is 11.3 Å². The SMILES string of the molecule is O=S1(=O)CCC(NCc2nc3c(s2)CCC3)CC1. The first kappa shape index (κ1) is 12.6. The minimum atomic E-state index is -2.75. The second kappa shape index (κ2) is 4.90. The fourth-order valence-corrected chi connectivity index (χ4v) is 5.24. The summed E-state index contributed by atoms with van der Waals surface area (Å²) in [7, 11) is -2.75. The maximum atomic E-state index is 11.3. The number of thiazole rings is 1. The van der Waals surface area contributed by atoms with E-state index in [1.807, 2.05) is 11.3 Å². The largest absolute Gasteiger partial charge is 0.308 e.